The summed E-state index contributed by atoms with van der Waals surface area (Å²) in [5, 5.41) is 9.11. The number of likely N-dealkylation sites (tertiary alicyclic amines) is 1. The standard InChI is InChI=1S/C12H15N3O5/c16-9-5-7(13-12(20)14-9)6-10(17)15-4-2-1-3-8(15)11(18)19/h5,8H,1-4,6H2,(H,18,19)(H2,13,14,16,20)/t8-/m1/s1. The minimum atomic E-state index is -1.03. The van der Waals surface area contributed by atoms with Crippen LogP contribution in [-0.2, 0) is 16.0 Å². The first-order chi connectivity index (χ1) is 9.47. The van der Waals surface area contributed by atoms with Gasteiger partial charge in [-0.25, -0.2) is 9.59 Å². The quantitative estimate of drug-likeness (QED) is 0.660. The van der Waals surface area contributed by atoms with Crippen LogP contribution in [0.5, 0.6) is 0 Å². The third-order valence-electron chi connectivity index (χ3n) is 3.27. The second-order valence-corrected chi connectivity index (χ2v) is 4.73. The Morgan fingerprint density at radius 3 is 2.70 bits per heavy atom. The summed E-state index contributed by atoms with van der Waals surface area (Å²) in [4.78, 5) is 51.2. The van der Waals surface area contributed by atoms with E-state index in [-0.39, 0.29) is 12.1 Å². The molecule has 0 saturated carbocycles. The van der Waals surface area contributed by atoms with E-state index in [2.05, 4.69) is 4.98 Å². The fourth-order valence-electron chi connectivity index (χ4n) is 2.37. The molecule has 108 valence electrons. The second-order valence-electron chi connectivity index (χ2n) is 4.73. The van der Waals surface area contributed by atoms with Gasteiger partial charge < -0.3 is 15.0 Å². The normalized spacial score (nSPS) is 18.8. The molecule has 1 aromatic rings. The van der Waals surface area contributed by atoms with Crippen LogP contribution in [0, 0.1) is 0 Å². The van der Waals surface area contributed by atoms with Gasteiger partial charge in [-0.3, -0.25) is 14.6 Å². The van der Waals surface area contributed by atoms with Gasteiger partial charge in [-0.2, -0.15) is 0 Å². The summed E-state index contributed by atoms with van der Waals surface area (Å²) in [6.45, 7) is 0.378. The Kier molecular flexibility index (Phi) is 4.02. The van der Waals surface area contributed by atoms with Gasteiger partial charge in [-0.15, -0.1) is 0 Å². The Morgan fingerprint density at radius 1 is 1.30 bits per heavy atom. The van der Waals surface area contributed by atoms with Crippen LogP contribution in [0.25, 0.3) is 0 Å². The van der Waals surface area contributed by atoms with Crippen LogP contribution < -0.4 is 11.2 Å². The van der Waals surface area contributed by atoms with E-state index in [0.717, 1.165) is 18.9 Å². The molecular weight excluding hydrogens is 266 g/mol. The lowest BCUT2D eigenvalue weighted by Gasteiger charge is -2.32. The summed E-state index contributed by atoms with van der Waals surface area (Å²) in [5.74, 6) is -1.43. The molecule has 0 radical (unpaired) electrons. The Labute approximate surface area is 113 Å². The summed E-state index contributed by atoms with van der Waals surface area (Å²) in [6.07, 6.45) is 1.75. The molecule has 20 heavy (non-hydrogen) atoms. The lowest BCUT2D eigenvalue weighted by Crippen LogP contribution is -2.48. The second kappa shape index (κ2) is 5.72. The smallest absolute Gasteiger partial charge is 0.326 e. The van der Waals surface area contributed by atoms with Crippen LogP contribution in [0.3, 0.4) is 0 Å². The molecular formula is C12H15N3O5. The van der Waals surface area contributed by atoms with E-state index >= 15 is 0 Å². The van der Waals surface area contributed by atoms with Crippen molar-refractivity contribution in [2.75, 3.05) is 6.54 Å². The molecule has 1 fully saturated rings. The third kappa shape index (κ3) is 3.14. The SMILES string of the molecule is O=C(O)[C@H]1CCCCN1C(=O)Cc1cc(=O)[nH]c(=O)[nH]1. The number of aliphatic carboxylic acids is 1. The predicted octanol–water partition coefficient (Wildman–Crippen LogP) is -0.929. The van der Waals surface area contributed by atoms with E-state index in [1.807, 2.05) is 4.98 Å². The Bertz CT molecular complexity index is 604. The van der Waals surface area contributed by atoms with Crippen molar-refractivity contribution in [1.82, 2.24) is 14.9 Å². The van der Waals surface area contributed by atoms with Crippen molar-refractivity contribution in [2.24, 2.45) is 0 Å². The number of carboxylic acid groups (broad SMARTS) is 1. The number of rotatable bonds is 3. The van der Waals surface area contributed by atoms with Crippen LogP contribution in [0.4, 0.5) is 0 Å². The van der Waals surface area contributed by atoms with Gasteiger partial charge in [-0.05, 0) is 19.3 Å². The number of nitrogens with one attached hydrogen (secondary N) is 2. The molecule has 1 aliphatic rings. The van der Waals surface area contributed by atoms with Crippen LogP contribution in [0.1, 0.15) is 25.0 Å². The van der Waals surface area contributed by atoms with Crippen molar-refractivity contribution in [3.63, 3.8) is 0 Å². The number of aromatic amines is 2. The predicted molar refractivity (Wildman–Crippen MR) is 68.4 cm³/mol. The third-order valence-corrected chi connectivity index (χ3v) is 3.27. The Balaban J connectivity index is 2.15. The number of piperidine rings is 1. The molecule has 1 saturated heterocycles. The minimum Gasteiger partial charge on any atom is -0.480 e. The highest BCUT2D eigenvalue weighted by Gasteiger charge is 2.31. The molecule has 8 heteroatoms. The summed E-state index contributed by atoms with van der Waals surface area (Å²) in [6, 6.07) is 0.295. The van der Waals surface area contributed by atoms with Gasteiger partial charge in [0, 0.05) is 18.3 Å². The number of H-pyrrole nitrogens is 2. The van der Waals surface area contributed by atoms with Crippen LogP contribution in [-0.4, -0.2) is 44.4 Å². The van der Waals surface area contributed by atoms with Crippen molar-refractivity contribution in [1.29, 1.82) is 0 Å². The van der Waals surface area contributed by atoms with E-state index in [0.29, 0.717) is 13.0 Å². The van der Waals surface area contributed by atoms with Crippen LogP contribution in [0.15, 0.2) is 15.7 Å². The van der Waals surface area contributed by atoms with Crippen molar-refractivity contribution in [2.45, 2.75) is 31.7 Å². The van der Waals surface area contributed by atoms with E-state index < -0.39 is 29.2 Å². The maximum absolute atomic E-state index is 12.1. The van der Waals surface area contributed by atoms with Crippen LogP contribution in [0.2, 0.25) is 0 Å². The van der Waals surface area contributed by atoms with Gasteiger partial charge in [0.05, 0.1) is 6.42 Å². The molecule has 1 amide bonds. The number of carboxylic acids is 1. The van der Waals surface area contributed by atoms with Gasteiger partial charge in [-0.1, -0.05) is 0 Å². The molecule has 2 heterocycles. The summed E-state index contributed by atoms with van der Waals surface area (Å²) >= 11 is 0. The fraction of sp³-hybridized carbons (Fsp3) is 0.500. The highest BCUT2D eigenvalue weighted by molar-refractivity contribution is 5.84. The number of carbonyl (C=O) groups is 2. The minimum absolute atomic E-state index is 0.179. The molecule has 0 spiro atoms. The molecule has 8 nitrogen and oxygen atoms in total. The molecule has 2 rings (SSSR count). The first kappa shape index (κ1) is 14.0. The van der Waals surface area contributed by atoms with Crippen molar-refractivity contribution < 1.29 is 14.7 Å². The molecule has 1 aromatic heterocycles. The zero-order valence-corrected chi connectivity index (χ0v) is 10.7. The summed E-state index contributed by atoms with van der Waals surface area (Å²) < 4.78 is 0. The zero-order chi connectivity index (χ0) is 14.7. The highest BCUT2D eigenvalue weighted by Crippen LogP contribution is 2.18. The number of hydrogen-bond acceptors (Lipinski definition) is 4. The lowest BCUT2D eigenvalue weighted by molar-refractivity contribution is -0.151. The fourth-order valence-corrected chi connectivity index (χ4v) is 2.37. The first-order valence-corrected chi connectivity index (χ1v) is 6.32. The average molecular weight is 281 g/mol. The topological polar surface area (TPSA) is 123 Å². The van der Waals surface area contributed by atoms with Gasteiger partial charge in [0.1, 0.15) is 6.04 Å². The monoisotopic (exact) mass is 281 g/mol. The number of nitrogens with zero attached hydrogens (tertiary/aromatic N) is 1. The largest absolute Gasteiger partial charge is 0.480 e. The molecule has 3 N–H and O–H groups in total. The molecule has 0 unspecified atom stereocenters. The van der Waals surface area contributed by atoms with Gasteiger partial charge in [0.25, 0.3) is 5.56 Å². The number of carbonyl (C=O) groups excluding carboxylic acids is 1. The van der Waals surface area contributed by atoms with E-state index in [9.17, 15) is 19.2 Å². The number of amides is 1. The van der Waals surface area contributed by atoms with Gasteiger partial charge in [0.2, 0.25) is 5.91 Å². The average Bonchev–Trinajstić information content (AvgIpc) is 2.37. The molecule has 1 atom stereocenters. The Hall–Kier alpha value is -2.38. The van der Waals surface area contributed by atoms with E-state index in [1.165, 1.54) is 4.90 Å². The maximum atomic E-state index is 12.1. The molecule has 0 bridgehead atoms. The van der Waals surface area contributed by atoms with E-state index in [1.54, 1.807) is 0 Å². The number of hydrogen-bond donors (Lipinski definition) is 3. The first-order valence-electron chi connectivity index (χ1n) is 6.32. The summed E-state index contributed by atoms with van der Waals surface area (Å²) in [7, 11) is 0. The van der Waals surface area contributed by atoms with Crippen LogP contribution >= 0.6 is 0 Å². The van der Waals surface area contributed by atoms with E-state index in [4.69, 9.17) is 5.11 Å². The van der Waals surface area contributed by atoms with Crippen molar-refractivity contribution in [3.05, 3.63) is 32.6 Å². The van der Waals surface area contributed by atoms with Gasteiger partial charge >= 0.3 is 11.7 Å². The summed E-state index contributed by atoms with van der Waals surface area (Å²) in [5.41, 5.74) is -1.10. The zero-order valence-electron chi connectivity index (χ0n) is 10.7. The van der Waals surface area contributed by atoms with Gasteiger partial charge in [0.15, 0.2) is 0 Å². The van der Waals surface area contributed by atoms with Crippen molar-refractivity contribution >= 4 is 11.9 Å². The molecule has 1 aliphatic heterocycles. The Morgan fingerprint density at radius 2 is 2.05 bits per heavy atom. The lowest BCUT2D eigenvalue weighted by atomic mass is 10.0. The van der Waals surface area contributed by atoms with Crippen molar-refractivity contribution in [3.8, 4) is 0 Å². The highest BCUT2D eigenvalue weighted by atomic mass is 16.4. The number of aromatic nitrogens is 2. The molecule has 0 aliphatic carbocycles. The molecule has 0 aromatic carbocycles. The maximum Gasteiger partial charge on any atom is 0.326 e.